The zero-order valence-corrected chi connectivity index (χ0v) is 16.9. The summed E-state index contributed by atoms with van der Waals surface area (Å²) < 4.78 is 19.1. The van der Waals surface area contributed by atoms with Crippen LogP contribution in [0.25, 0.3) is 11.3 Å². The van der Waals surface area contributed by atoms with Crippen molar-refractivity contribution in [2.75, 3.05) is 17.7 Å². The van der Waals surface area contributed by atoms with E-state index in [0.29, 0.717) is 5.69 Å². The monoisotopic (exact) mass is 419 g/mol. The van der Waals surface area contributed by atoms with Gasteiger partial charge in [-0.3, -0.25) is 4.79 Å². The molecule has 0 saturated heterocycles. The van der Waals surface area contributed by atoms with Crippen molar-refractivity contribution in [3.05, 3.63) is 89.6 Å². The zero-order chi connectivity index (χ0) is 20.9. The maximum atomic E-state index is 13.8. The van der Waals surface area contributed by atoms with Gasteiger partial charge in [0, 0.05) is 28.4 Å². The van der Waals surface area contributed by atoms with E-state index in [9.17, 15) is 9.18 Å². The minimum absolute atomic E-state index is 0.00124. The highest BCUT2D eigenvalue weighted by Crippen LogP contribution is 2.29. The lowest BCUT2D eigenvalue weighted by molar-refractivity contribution is 0.102. The van der Waals surface area contributed by atoms with Crippen molar-refractivity contribution in [3.8, 4) is 17.0 Å². The summed E-state index contributed by atoms with van der Waals surface area (Å²) in [6.45, 7) is 0. The normalized spacial score (nSPS) is 10.5. The Kier molecular flexibility index (Phi) is 5.72. The third-order valence-corrected chi connectivity index (χ3v) is 5.12. The number of hydrogen-bond acceptors (Lipinski definition) is 5. The SMILES string of the molecule is COc1cccc(Nc2nc(-c3cccc(NC(=O)c4ccccc4F)c3)cs2)c1. The third kappa shape index (κ3) is 4.47. The molecule has 7 heteroatoms. The van der Waals surface area contributed by atoms with E-state index in [-0.39, 0.29) is 5.56 Å². The van der Waals surface area contributed by atoms with Gasteiger partial charge in [0.2, 0.25) is 0 Å². The summed E-state index contributed by atoms with van der Waals surface area (Å²) in [7, 11) is 1.62. The summed E-state index contributed by atoms with van der Waals surface area (Å²) >= 11 is 1.47. The number of nitrogens with zero attached hydrogens (tertiary/aromatic N) is 1. The molecule has 150 valence electrons. The highest BCUT2D eigenvalue weighted by Gasteiger charge is 2.12. The molecule has 30 heavy (non-hydrogen) atoms. The van der Waals surface area contributed by atoms with Crippen molar-refractivity contribution < 1.29 is 13.9 Å². The van der Waals surface area contributed by atoms with Crippen LogP contribution < -0.4 is 15.4 Å². The molecule has 2 N–H and O–H groups in total. The number of ether oxygens (including phenoxy) is 1. The van der Waals surface area contributed by atoms with E-state index < -0.39 is 11.7 Å². The first-order chi connectivity index (χ1) is 14.6. The van der Waals surface area contributed by atoms with Gasteiger partial charge in [0.15, 0.2) is 5.13 Å². The molecule has 1 heterocycles. The Labute approximate surface area is 177 Å². The molecular weight excluding hydrogens is 401 g/mol. The van der Waals surface area contributed by atoms with Crippen LogP contribution in [0.15, 0.2) is 78.2 Å². The summed E-state index contributed by atoms with van der Waals surface area (Å²) in [4.78, 5) is 17.0. The Morgan fingerprint density at radius 2 is 1.80 bits per heavy atom. The van der Waals surface area contributed by atoms with E-state index in [1.807, 2.05) is 47.8 Å². The first kappa shape index (κ1) is 19.6. The van der Waals surface area contributed by atoms with Gasteiger partial charge in [0.1, 0.15) is 11.6 Å². The van der Waals surface area contributed by atoms with Crippen LogP contribution in [0, 0.1) is 5.82 Å². The molecular formula is C23H18FN3O2S. The molecule has 0 radical (unpaired) electrons. The van der Waals surface area contributed by atoms with E-state index in [0.717, 1.165) is 27.8 Å². The third-order valence-electron chi connectivity index (χ3n) is 4.36. The highest BCUT2D eigenvalue weighted by atomic mass is 32.1. The predicted octanol–water partition coefficient (Wildman–Crippen LogP) is 5.95. The molecule has 1 aromatic heterocycles. The quantitative estimate of drug-likeness (QED) is 0.405. The molecule has 0 saturated carbocycles. The number of hydrogen-bond donors (Lipinski definition) is 2. The molecule has 0 aliphatic heterocycles. The van der Waals surface area contributed by atoms with Crippen molar-refractivity contribution in [3.63, 3.8) is 0 Å². The van der Waals surface area contributed by atoms with E-state index in [1.165, 1.54) is 23.5 Å². The van der Waals surface area contributed by atoms with Crippen molar-refractivity contribution in [2.45, 2.75) is 0 Å². The Hall–Kier alpha value is -3.71. The van der Waals surface area contributed by atoms with Gasteiger partial charge < -0.3 is 15.4 Å². The molecule has 0 unspecified atom stereocenters. The van der Waals surface area contributed by atoms with Gasteiger partial charge >= 0.3 is 0 Å². The van der Waals surface area contributed by atoms with E-state index in [1.54, 1.807) is 25.3 Å². The Morgan fingerprint density at radius 3 is 2.63 bits per heavy atom. The number of benzene rings is 3. The van der Waals surface area contributed by atoms with Crippen LogP contribution in [-0.2, 0) is 0 Å². The van der Waals surface area contributed by atoms with Crippen LogP contribution in [0.1, 0.15) is 10.4 Å². The molecule has 3 aromatic carbocycles. The molecule has 0 atom stereocenters. The number of rotatable bonds is 6. The first-order valence-electron chi connectivity index (χ1n) is 9.15. The van der Waals surface area contributed by atoms with Crippen LogP contribution in [0.4, 0.5) is 20.9 Å². The molecule has 4 aromatic rings. The second-order valence-corrected chi connectivity index (χ2v) is 7.27. The van der Waals surface area contributed by atoms with Gasteiger partial charge in [-0.25, -0.2) is 9.37 Å². The fourth-order valence-electron chi connectivity index (χ4n) is 2.89. The standard InChI is InChI=1S/C23H18FN3O2S/c1-29-18-9-5-8-17(13-18)26-23-27-21(14-30-23)15-6-4-7-16(12-15)25-22(28)19-10-2-3-11-20(19)24/h2-14H,1H3,(H,25,28)(H,26,27). The average molecular weight is 419 g/mol. The lowest BCUT2D eigenvalue weighted by atomic mass is 10.1. The smallest absolute Gasteiger partial charge is 0.258 e. The number of thiazole rings is 1. The second kappa shape index (κ2) is 8.75. The van der Waals surface area contributed by atoms with Gasteiger partial charge in [-0.15, -0.1) is 11.3 Å². The molecule has 5 nitrogen and oxygen atoms in total. The van der Waals surface area contributed by atoms with Gasteiger partial charge in [0.05, 0.1) is 18.4 Å². The number of amides is 1. The minimum atomic E-state index is -0.557. The molecule has 4 rings (SSSR count). The summed E-state index contributed by atoms with van der Waals surface area (Å²) in [6.07, 6.45) is 0. The average Bonchev–Trinajstić information content (AvgIpc) is 3.23. The molecule has 0 fully saturated rings. The molecule has 0 aliphatic carbocycles. The van der Waals surface area contributed by atoms with Crippen molar-refractivity contribution in [1.82, 2.24) is 4.98 Å². The van der Waals surface area contributed by atoms with Crippen molar-refractivity contribution >= 4 is 33.8 Å². The van der Waals surface area contributed by atoms with E-state index >= 15 is 0 Å². The zero-order valence-electron chi connectivity index (χ0n) is 16.1. The highest BCUT2D eigenvalue weighted by molar-refractivity contribution is 7.14. The molecule has 0 bridgehead atoms. The van der Waals surface area contributed by atoms with Gasteiger partial charge in [-0.05, 0) is 36.4 Å². The van der Waals surface area contributed by atoms with Crippen LogP contribution >= 0.6 is 11.3 Å². The first-order valence-corrected chi connectivity index (χ1v) is 10.0. The van der Waals surface area contributed by atoms with Crippen LogP contribution in [0.5, 0.6) is 5.75 Å². The molecule has 0 spiro atoms. The van der Waals surface area contributed by atoms with Crippen molar-refractivity contribution in [2.24, 2.45) is 0 Å². The Bertz CT molecular complexity index is 1190. The Morgan fingerprint density at radius 1 is 1.00 bits per heavy atom. The largest absolute Gasteiger partial charge is 0.497 e. The predicted molar refractivity (Wildman–Crippen MR) is 118 cm³/mol. The summed E-state index contributed by atoms with van der Waals surface area (Å²) in [5.41, 5.74) is 3.06. The number of halogens is 1. The fraction of sp³-hybridized carbons (Fsp3) is 0.0435. The topological polar surface area (TPSA) is 63.2 Å². The summed E-state index contributed by atoms with van der Waals surface area (Å²) in [5, 5.41) is 8.66. The number of aromatic nitrogens is 1. The van der Waals surface area contributed by atoms with Crippen LogP contribution in [-0.4, -0.2) is 18.0 Å². The molecule has 1 amide bonds. The van der Waals surface area contributed by atoms with Crippen LogP contribution in [0.3, 0.4) is 0 Å². The minimum Gasteiger partial charge on any atom is -0.497 e. The van der Waals surface area contributed by atoms with Gasteiger partial charge in [0.25, 0.3) is 5.91 Å². The molecule has 0 aliphatic rings. The number of carbonyl (C=O) groups excluding carboxylic acids is 1. The number of anilines is 3. The maximum Gasteiger partial charge on any atom is 0.258 e. The lowest BCUT2D eigenvalue weighted by Gasteiger charge is -2.07. The lowest BCUT2D eigenvalue weighted by Crippen LogP contribution is -2.13. The van der Waals surface area contributed by atoms with E-state index in [2.05, 4.69) is 15.6 Å². The van der Waals surface area contributed by atoms with Gasteiger partial charge in [-0.2, -0.15) is 0 Å². The summed E-state index contributed by atoms with van der Waals surface area (Å²) in [6, 6.07) is 20.8. The number of nitrogens with one attached hydrogen (secondary N) is 2. The Balaban J connectivity index is 1.50. The van der Waals surface area contributed by atoms with Crippen molar-refractivity contribution in [1.29, 1.82) is 0 Å². The second-order valence-electron chi connectivity index (χ2n) is 6.41. The fourth-order valence-corrected chi connectivity index (χ4v) is 3.63. The summed E-state index contributed by atoms with van der Waals surface area (Å²) in [5.74, 6) is -0.294. The maximum absolute atomic E-state index is 13.8. The number of methoxy groups -OCH3 is 1. The van der Waals surface area contributed by atoms with Gasteiger partial charge in [-0.1, -0.05) is 30.3 Å². The number of carbonyl (C=O) groups is 1. The van der Waals surface area contributed by atoms with E-state index in [4.69, 9.17) is 4.74 Å². The van der Waals surface area contributed by atoms with Crippen LogP contribution in [0.2, 0.25) is 0 Å².